The Hall–Kier alpha value is -3.55. The van der Waals surface area contributed by atoms with Crippen LogP contribution in [0, 0.1) is 13.8 Å². The summed E-state index contributed by atoms with van der Waals surface area (Å²) in [6, 6.07) is 14.8. The van der Waals surface area contributed by atoms with Gasteiger partial charge in [0.25, 0.3) is 11.8 Å². The van der Waals surface area contributed by atoms with Crippen LogP contribution in [0.3, 0.4) is 0 Å². The summed E-state index contributed by atoms with van der Waals surface area (Å²) in [4.78, 5) is 26.2. The lowest BCUT2D eigenvalue weighted by Crippen LogP contribution is -2.50. The maximum Gasteiger partial charge on any atom is 0.276 e. The molecule has 3 aromatic rings. The molecule has 1 aromatic heterocycles. The molecule has 0 saturated heterocycles. The molecule has 172 valence electrons. The number of alkyl halides is 2. The highest BCUT2D eigenvalue weighted by Crippen LogP contribution is 2.41. The standard InChI is InChI=1S/C25H25F2N3O3/c1-15-8-4-6-10-17(15)21(18-11-7-5-9-16(18)2)19-13-29(14-25(3,26)27)24(33)22-23(32)20(31)12-28-30(19)22/h4-12,19,21,32H,13-14H2,1-3H3/t19-/m1/s1. The van der Waals surface area contributed by atoms with Crippen LogP contribution in [0.4, 0.5) is 8.78 Å². The van der Waals surface area contributed by atoms with Crippen molar-refractivity contribution in [1.82, 2.24) is 14.7 Å². The van der Waals surface area contributed by atoms with E-state index < -0.39 is 35.6 Å². The lowest BCUT2D eigenvalue weighted by Gasteiger charge is -2.40. The molecule has 1 atom stereocenters. The van der Waals surface area contributed by atoms with E-state index in [1.165, 1.54) is 4.68 Å². The Kier molecular flexibility index (Phi) is 5.78. The number of halogens is 2. The minimum Gasteiger partial charge on any atom is -0.502 e. The predicted octanol–water partition coefficient (Wildman–Crippen LogP) is 4.05. The van der Waals surface area contributed by atoms with Crippen molar-refractivity contribution < 1.29 is 18.7 Å². The van der Waals surface area contributed by atoms with Crippen LogP contribution in [0.2, 0.25) is 0 Å². The van der Waals surface area contributed by atoms with E-state index >= 15 is 0 Å². The van der Waals surface area contributed by atoms with E-state index in [0.29, 0.717) is 0 Å². The number of carbonyl (C=O) groups excluding carboxylic acids is 1. The molecule has 1 aliphatic heterocycles. The van der Waals surface area contributed by atoms with E-state index in [1.54, 1.807) is 0 Å². The minimum absolute atomic E-state index is 0.0576. The second kappa shape index (κ2) is 8.42. The van der Waals surface area contributed by atoms with Gasteiger partial charge in [-0.25, -0.2) is 8.78 Å². The third-order valence-electron chi connectivity index (χ3n) is 6.10. The van der Waals surface area contributed by atoms with Gasteiger partial charge < -0.3 is 10.0 Å². The highest BCUT2D eigenvalue weighted by molar-refractivity contribution is 5.95. The molecule has 0 bridgehead atoms. The summed E-state index contributed by atoms with van der Waals surface area (Å²) >= 11 is 0. The van der Waals surface area contributed by atoms with Crippen LogP contribution in [-0.4, -0.2) is 44.7 Å². The van der Waals surface area contributed by atoms with Crippen LogP contribution < -0.4 is 5.43 Å². The molecule has 6 nitrogen and oxygen atoms in total. The number of amides is 1. The van der Waals surface area contributed by atoms with Gasteiger partial charge in [0.15, 0.2) is 11.4 Å². The summed E-state index contributed by atoms with van der Waals surface area (Å²) in [5, 5.41) is 14.7. The molecule has 4 rings (SSSR count). The van der Waals surface area contributed by atoms with Gasteiger partial charge in [-0.3, -0.25) is 14.3 Å². The first-order valence-electron chi connectivity index (χ1n) is 10.7. The second-order valence-corrected chi connectivity index (χ2v) is 8.66. The van der Waals surface area contributed by atoms with Crippen molar-refractivity contribution >= 4 is 5.91 Å². The first kappa shape index (κ1) is 22.6. The largest absolute Gasteiger partial charge is 0.502 e. The fraction of sp³-hybridized carbons (Fsp3) is 0.320. The van der Waals surface area contributed by atoms with E-state index in [4.69, 9.17) is 0 Å². The number of aromatic nitrogens is 2. The van der Waals surface area contributed by atoms with Crippen LogP contribution in [-0.2, 0) is 0 Å². The average Bonchev–Trinajstić information content (AvgIpc) is 2.75. The van der Waals surface area contributed by atoms with Gasteiger partial charge in [-0.1, -0.05) is 48.5 Å². The highest BCUT2D eigenvalue weighted by Gasteiger charge is 2.42. The SMILES string of the molecule is Cc1ccccc1C(c1ccccc1C)[C@H]1CN(CC(C)(F)F)C(=O)c2c(O)c(=O)cnn21. The van der Waals surface area contributed by atoms with Gasteiger partial charge in [0, 0.05) is 19.4 Å². The van der Waals surface area contributed by atoms with Gasteiger partial charge in [0.2, 0.25) is 5.43 Å². The Morgan fingerprint density at radius 1 is 1.06 bits per heavy atom. The Morgan fingerprint density at radius 3 is 2.12 bits per heavy atom. The summed E-state index contributed by atoms with van der Waals surface area (Å²) in [6.07, 6.45) is 0.954. The van der Waals surface area contributed by atoms with Crippen LogP contribution >= 0.6 is 0 Å². The molecular formula is C25H25F2N3O3. The van der Waals surface area contributed by atoms with Gasteiger partial charge in [-0.05, 0) is 36.1 Å². The Labute approximate surface area is 190 Å². The topological polar surface area (TPSA) is 75.4 Å². The van der Waals surface area contributed by atoms with Gasteiger partial charge in [-0.2, -0.15) is 5.10 Å². The zero-order valence-electron chi connectivity index (χ0n) is 18.6. The molecule has 1 amide bonds. The number of nitrogens with zero attached hydrogens (tertiary/aromatic N) is 3. The maximum atomic E-state index is 14.0. The fourth-order valence-corrected chi connectivity index (χ4v) is 4.62. The molecule has 0 unspecified atom stereocenters. The summed E-state index contributed by atoms with van der Waals surface area (Å²) in [5.74, 6) is -5.15. The third-order valence-corrected chi connectivity index (χ3v) is 6.10. The van der Waals surface area contributed by atoms with Crippen molar-refractivity contribution in [3.05, 3.63) is 92.9 Å². The van der Waals surface area contributed by atoms with Gasteiger partial charge >= 0.3 is 0 Å². The van der Waals surface area contributed by atoms with Crippen molar-refractivity contribution in [2.45, 2.75) is 38.7 Å². The number of aryl methyl sites for hydroxylation is 2. The number of carbonyl (C=O) groups is 1. The summed E-state index contributed by atoms with van der Waals surface area (Å²) in [5.41, 5.74) is 2.67. The smallest absolute Gasteiger partial charge is 0.276 e. The first-order chi connectivity index (χ1) is 15.6. The molecule has 1 N–H and O–H groups in total. The highest BCUT2D eigenvalue weighted by atomic mass is 19.3. The average molecular weight is 453 g/mol. The van der Waals surface area contributed by atoms with E-state index in [0.717, 1.165) is 40.3 Å². The Balaban J connectivity index is 1.98. The van der Waals surface area contributed by atoms with Crippen molar-refractivity contribution in [1.29, 1.82) is 0 Å². The first-order valence-corrected chi connectivity index (χ1v) is 10.7. The molecule has 2 heterocycles. The van der Waals surface area contributed by atoms with Crippen molar-refractivity contribution in [2.75, 3.05) is 13.1 Å². The molecule has 0 aliphatic carbocycles. The normalized spacial score (nSPS) is 16.2. The van der Waals surface area contributed by atoms with Crippen LogP contribution in [0.5, 0.6) is 5.75 Å². The predicted molar refractivity (Wildman–Crippen MR) is 120 cm³/mol. The number of aromatic hydroxyl groups is 1. The number of hydrogen-bond donors (Lipinski definition) is 1. The Bertz CT molecular complexity index is 1220. The molecular weight excluding hydrogens is 428 g/mol. The summed E-state index contributed by atoms with van der Waals surface area (Å²) in [6.45, 7) is 3.77. The van der Waals surface area contributed by atoms with E-state index in [2.05, 4.69) is 5.10 Å². The number of rotatable bonds is 5. The number of fused-ring (bicyclic) bond motifs is 1. The molecule has 0 fully saturated rings. The molecule has 33 heavy (non-hydrogen) atoms. The molecule has 0 radical (unpaired) electrons. The van der Waals surface area contributed by atoms with E-state index in [9.17, 15) is 23.5 Å². The molecule has 2 aromatic carbocycles. The lowest BCUT2D eigenvalue weighted by atomic mass is 9.80. The zero-order valence-corrected chi connectivity index (χ0v) is 18.6. The van der Waals surface area contributed by atoms with Crippen molar-refractivity contribution in [2.24, 2.45) is 0 Å². The third kappa shape index (κ3) is 4.25. The molecule has 1 aliphatic rings. The monoisotopic (exact) mass is 453 g/mol. The van der Waals surface area contributed by atoms with E-state index in [-0.39, 0.29) is 18.2 Å². The minimum atomic E-state index is -3.15. The van der Waals surface area contributed by atoms with Crippen molar-refractivity contribution in [3.63, 3.8) is 0 Å². The molecule has 8 heteroatoms. The van der Waals surface area contributed by atoms with Gasteiger partial charge in [0.1, 0.15) is 0 Å². The molecule has 0 saturated carbocycles. The van der Waals surface area contributed by atoms with Gasteiger partial charge in [0.05, 0.1) is 18.8 Å². The van der Waals surface area contributed by atoms with Crippen molar-refractivity contribution in [3.8, 4) is 5.75 Å². The zero-order chi connectivity index (χ0) is 23.9. The second-order valence-electron chi connectivity index (χ2n) is 8.66. The molecule has 0 spiro atoms. The number of hydrogen-bond acceptors (Lipinski definition) is 4. The lowest BCUT2D eigenvalue weighted by molar-refractivity contribution is -0.0181. The van der Waals surface area contributed by atoms with Crippen LogP contribution in [0.1, 0.15) is 51.6 Å². The fourth-order valence-electron chi connectivity index (χ4n) is 4.62. The summed E-state index contributed by atoms with van der Waals surface area (Å²) < 4.78 is 29.3. The van der Waals surface area contributed by atoms with Crippen LogP contribution in [0.15, 0.2) is 59.5 Å². The van der Waals surface area contributed by atoms with Crippen LogP contribution in [0.25, 0.3) is 0 Å². The van der Waals surface area contributed by atoms with E-state index in [1.807, 2.05) is 62.4 Å². The quantitative estimate of drug-likeness (QED) is 0.633. The maximum absolute atomic E-state index is 14.0. The Morgan fingerprint density at radius 2 is 1.61 bits per heavy atom. The van der Waals surface area contributed by atoms with Gasteiger partial charge in [-0.15, -0.1) is 0 Å². The number of benzene rings is 2. The summed E-state index contributed by atoms with van der Waals surface area (Å²) in [7, 11) is 0.